The van der Waals surface area contributed by atoms with Crippen LogP contribution in [0.15, 0.2) is 78.0 Å². The molecule has 0 spiro atoms. The molecule has 0 saturated heterocycles. The summed E-state index contributed by atoms with van der Waals surface area (Å²) in [6.07, 6.45) is 2.69. The van der Waals surface area contributed by atoms with E-state index in [-0.39, 0.29) is 4.85 Å². The predicted octanol–water partition coefficient (Wildman–Crippen LogP) is 0.570. The molecule has 3 N–H and O–H groups in total. The Kier molecular flexibility index (Phi) is 5.88. The predicted molar refractivity (Wildman–Crippen MR) is 113 cm³/mol. The van der Waals surface area contributed by atoms with Gasteiger partial charge in [0.2, 0.25) is 0 Å². The van der Waals surface area contributed by atoms with Crippen molar-refractivity contribution in [1.29, 1.82) is 0 Å². The second kappa shape index (κ2) is 9.25. The van der Waals surface area contributed by atoms with Crippen LogP contribution in [0.25, 0.3) is 33.1 Å². The fourth-order valence-electron chi connectivity index (χ4n) is 2.70. The molecular weight excluding hydrogens is 432 g/mol. The number of pyridine rings is 1. The topological polar surface area (TPSA) is 183 Å². The molecule has 14 nitrogen and oxygen atoms in total. The molecule has 2 aromatic carbocycles. The van der Waals surface area contributed by atoms with Crippen molar-refractivity contribution in [3.63, 3.8) is 0 Å². The van der Waals surface area contributed by atoms with E-state index in [0.29, 0.717) is 37.5 Å². The molecule has 4 heterocycles. The van der Waals surface area contributed by atoms with Gasteiger partial charge in [-0.1, -0.05) is 34.0 Å². The molecule has 14 heteroatoms. The molecule has 164 valence electrons. The number of para-hydroxylation sites is 1. The summed E-state index contributed by atoms with van der Waals surface area (Å²) in [7, 11) is 0. The normalized spacial score (nSPS) is 10.3. The molecule has 33 heavy (non-hydrogen) atoms. The standard InChI is InChI=1S/C7H5N3O2.C6H5N4O.C6H5N3O/c11-7-5-3-1-2-4-6(5)8-9-10(7)12;11-10-4-8-9-5-2-1-3-7-6(5)10;10-9-6-4-2-1-3-5(6)7-8-9/h1-4,12H;1-4H,(H,9,11);1-4,10H/q;+1;. The Bertz CT molecular complexity index is 1650. The van der Waals surface area contributed by atoms with Gasteiger partial charge in [0.05, 0.1) is 5.39 Å². The number of rotatable bonds is 0. The second-order valence-electron chi connectivity index (χ2n) is 6.33. The minimum atomic E-state index is -0.555. The summed E-state index contributed by atoms with van der Waals surface area (Å²) in [5.74, 6) is 0. The molecule has 0 saturated carbocycles. The van der Waals surface area contributed by atoms with Crippen molar-refractivity contribution in [3.05, 3.63) is 88.4 Å². The third-order valence-electron chi connectivity index (χ3n) is 4.23. The smallest absolute Gasteiger partial charge is 0.331 e. The number of nitrogens with zero attached hydrogens (tertiary/aromatic N) is 9. The molecule has 0 unspecified atom stereocenters. The average Bonchev–Trinajstić information content (AvgIpc) is 3.24. The van der Waals surface area contributed by atoms with Gasteiger partial charge in [-0.25, -0.2) is 5.10 Å². The van der Waals surface area contributed by atoms with Gasteiger partial charge in [-0.15, -0.1) is 15.2 Å². The van der Waals surface area contributed by atoms with Crippen molar-refractivity contribution in [1.82, 2.24) is 45.5 Å². The molecule has 0 aliphatic rings. The highest BCUT2D eigenvalue weighted by Gasteiger charge is 2.03. The fraction of sp³-hybridized carbons (Fsp3) is 0. The van der Waals surface area contributed by atoms with Crippen LogP contribution in [0.2, 0.25) is 0 Å². The van der Waals surface area contributed by atoms with Crippen molar-refractivity contribution in [2.75, 3.05) is 0 Å². The minimum Gasteiger partial charge on any atom is -0.410 e. The van der Waals surface area contributed by atoms with Gasteiger partial charge in [-0.3, -0.25) is 4.79 Å². The molecule has 0 radical (unpaired) electrons. The number of fused-ring (bicyclic) bond motifs is 3. The lowest BCUT2D eigenvalue weighted by molar-refractivity contribution is -0.471. The highest BCUT2D eigenvalue weighted by Crippen LogP contribution is 2.06. The zero-order valence-corrected chi connectivity index (χ0v) is 16.7. The molecule has 0 aliphatic heterocycles. The molecule has 0 amide bonds. The van der Waals surface area contributed by atoms with E-state index in [0.717, 1.165) is 11.2 Å². The first-order chi connectivity index (χ1) is 16.0. The second-order valence-corrected chi connectivity index (χ2v) is 6.33. The van der Waals surface area contributed by atoms with E-state index in [2.05, 4.69) is 35.8 Å². The molecule has 0 bridgehead atoms. The Morgan fingerprint density at radius 1 is 0.848 bits per heavy atom. The molecular formula is C19H15N10O4+. The lowest BCUT2D eigenvalue weighted by Gasteiger charge is -1.94. The molecule has 6 aromatic rings. The number of nitrogens with one attached hydrogen (secondary N) is 1. The first kappa shape index (κ1) is 21.0. The maximum atomic E-state index is 11.1. The van der Waals surface area contributed by atoms with Gasteiger partial charge in [0.25, 0.3) is 6.33 Å². The molecule has 4 aromatic heterocycles. The summed E-state index contributed by atoms with van der Waals surface area (Å²) in [6.45, 7) is 0. The lowest BCUT2D eigenvalue weighted by Crippen LogP contribution is -2.21. The summed E-state index contributed by atoms with van der Waals surface area (Å²) < 4.78 is 0.617. The Balaban J connectivity index is 0.000000118. The van der Waals surface area contributed by atoms with Crippen LogP contribution in [-0.2, 0) is 0 Å². The maximum absolute atomic E-state index is 11.1. The number of aromatic amines is 1. The van der Waals surface area contributed by atoms with Crippen LogP contribution in [0.3, 0.4) is 0 Å². The van der Waals surface area contributed by atoms with E-state index in [1.807, 2.05) is 12.1 Å². The minimum absolute atomic E-state index is 0.225. The molecule has 0 fully saturated rings. The van der Waals surface area contributed by atoms with Gasteiger partial charge in [0.1, 0.15) is 22.7 Å². The van der Waals surface area contributed by atoms with Gasteiger partial charge in [0.15, 0.2) is 5.52 Å². The monoisotopic (exact) mass is 447 g/mol. The highest BCUT2D eigenvalue weighted by atomic mass is 16.5. The van der Waals surface area contributed by atoms with Crippen molar-refractivity contribution in [3.8, 4) is 0 Å². The van der Waals surface area contributed by atoms with E-state index in [1.54, 1.807) is 54.7 Å². The van der Waals surface area contributed by atoms with Crippen molar-refractivity contribution < 1.29 is 14.8 Å². The Morgan fingerprint density at radius 2 is 1.55 bits per heavy atom. The summed E-state index contributed by atoms with van der Waals surface area (Å²) >= 11 is 0. The SMILES string of the molecule is O=[n+]1cn[nH]c2cccnc21.O=c1c2ccccc2nnn1O.On1nnc2ccccc21. The Hall–Kier alpha value is -5.27. The lowest BCUT2D eigenvalue weighted by atomic mass is 10.2. The number of hydrogen-bond donors (Lipinski definition) is 3. The molecule has 0 aliphatic carbocycles. The number of benzene rings is 2. The summed E-state index contributed by atoms with van der Waals surface area (Å²) in [4.78, 5) is 26.9. The zero-order chi connectivity index (χ0) is 23.2. The zero-order valence-electron chi connectivity index (χ0n) is 16.7. The first-order valence-electron chi connectivity index (χ1n) is 9.29. The molecule has 6 rings (SSSR count). The van der Waals surface area contributed by atoms with E-state index in [4.69, 9.17) is 10.4 Å². The highest BCUT2D eigenvalue weighted by molar-refractivity contribution is 5.76. The van der Waals surface area contributed by atoms with E-state index in [9.17, 15) is 9.70 Å². The van der Waals surface area contributed by atoms with Gasteiger partial charge in [-0.2, -0.15) is 0 Å². The molecule has 0 atom stereocenters. The summed E-state index contributed by atoms with van der Waals surface area (Å²) in [5.41, 5.74) is 2.23. The Morgan fingerprint density at radius 3 is 2.33 bits per heavy atom. The van der Waals surface area contributed by atoms with Crippen LogP contribution in [0, 0.1) is 4.91 Å². The average molecular weight is 447 g/mol. The van der Waals surface area contributed by atoms with Crippen LogP contribution in [0.5, 0.6) is 0 Å². The third-order valence-corrected chi connectivity index (χ3v) is 4.23. The quantitative estimate of drug-likeness (QED) is 0.220. The van der Waals surface area contributed by atoms with Crippen LogP contribution in [0.1, 0.15) is 0 Å². The Labute approximate surface area is 182 Å². The maximum Gasteiger partial charge on any atom is 0.331 e. The largest absolute Gasteiger partial charge is 0.410 e. The van der Waals surface area contributed by atoms with Crippen LogP contribution in [-0.4, -0.2) is 55.9 Å². The van der Waals surface area contributed by atoms with Gasteiger partial charge in [-0.05, 0) is 56.8 Å². The van der Waals surface area contributed by atoms with Gasteiger partial charge < -0.3 is 10.4 Å². The van der Waals surface area contributed by atoms with Crippen LogP contribution >= 0.6 is 0 Å². The summed E-state index contributed by atoms with van der Waals surface area (Å²) in [6, 6.07) is 17.4. The number of aromatic nitrogens is 10. The van der Waals surface area contributed by atoms with Crippen molar-refractivity contribution >= 4 is 33.1 Å². The number of H-pyrrole nitrogens is 1. The van der Waals surface area contributed by atoms with E-state index >= 15 is 0 Å². The number of hydrogen-bond acceptors (Lipinski definition) is 10. The van der Waals surface area contributed by atoms with E-state index < -0.39 is 5.56 Å². The van der Waals surface area contributed by atoms with Crippen molar-refractivity contribution in [2.45, 2.75) is 0 Å². The van der Waals surface area contributed by atoms with E-state index in [1.165, 1.54) is 0 Å². The van der Waals surface area contributed by atoms with Gasteiger partial charge >= 0.3 is 11.2 Å². The van der Waals surface area contributed by atoms with Gasteiger partial charge in [0, 0.05) is 4.43 Å². The van der Waals surface area contributed by atoms with Crippen LogP contribution < -0.4 is 9.99 Å². The fourth-order valence-corrected chi connectivity index (χ4v) is 2.70. The summed E-state index contributed by atoms with van der Waals surface area (Å²) in [5, 5.41) is 38.3. The van der Waals surface area contributed by atoms with Crippen LogP contribution in [0.4, 0.5) is 0 Å². The first-order valence-corrected chi connectivity index (χ1v) is 9.29. The van der Waals surface area contributed by atoms with Crippen molar-refractivity contribution in [2.24, 2.45) is 0 Å². The third kappa shape index (κ3) is 4.58.